The molecule has 1 saturated carbocycles. The Morgan fingerprint density at radius 2 is 0.761 bits per heavy atom. The van der Waals surface area contributed by atoms with Gasteiger partial charge in [0.25, 0.3) is 0 Å². The Bertz CT molecular complexity index is 2360. The Balaban J connectivity index is 1.52. The van der Waals surface area contributed by atoms with Gasteiger partial charge in [0.15, 0.2) is 0 Å². The molecule has 0 aromatic heterocycles. The standard InChI is InChI=1S/C72H135N15O22/c1-56(88)81-63(70(73)96)9-4-6-23-77-66(92)17-15-61-55-87(85-84-61)30-40-100-33-20-69(95)80-26-36-103-43-49-109-52-46-106-39-29-86(27-37-104-44-50-107-47-41-101-34-21-67(93)78-24-7-5-10-64(71(74)97)82-57(2)89)28-38-105-45-51-108-48-42-102-35-25-79-68(94)19-32-99-31-18-60-13-12-59(53-60)14-16-62(91)54-76-22-8-11-65(72(75)98)83-58(3)90/h59-61,63-65,76,84-85H,4-55H2,1-3H3,(H2,73,96)(H2,74,97)(H2,75,98)(H,77,92)(H,78,93)(H,79,94)(H,80,95)(H,81,88)(H,82,89)(H,83,90)/t59?,60?,61?,63?,64-,65-/m0/s1. The largest absolute Gasteiger partial charge is 0.381 e. The van der Waals surface area contributed by atoms with E-state index in [1.807, 2.05) is 5.01 Å². The molecule has 16 N–H and O–H groups in total. The zero-order valence-electron chi connectivity index (χ0n) is 65.3. The van der Waals surface area contributed by atoms with Crippen molar-refractivity contribution in [1.82, 2.24) is 63.4 Å². The van der Waals surface area contributed by atoms with Gasteiger partial charge in [-0.05, 0) is 95.4 Å². The van der Waals surface area contributed by atoms with E-state index >= 15 is 0 Å². The molecule has 2 rings (SSSR count). The molecule has 630 valence electrons. The number of carbonyl (C=O) groups is 11. The maximum Gasteiger partial charge on any atom is 0.240 e. The minimum Gasteiger partial charge on any atom is -0.381 e. The number of nitrogens with two attached hydrogens (primary N) is 3. The Morgan fingerprint density at radius 3 is 1.19 bits per heavy atom. The average molecular weight is 1560 g/mol. The highest BCUT2D eigenvalue weighted by atomic mass is 16.6. The van der Waals surface area contributed by atoms with Gasteiger partial charge in [0, 0.05) is 124 Å². The molecular formula is C72H135N15O22. The summed E-state index contributed by atoms with van der Waals surface area (Å²) in [6.07, 6.45) is 11.6. The van der Waals surface area contributed by atoms with Gasteiger partial charge in [-0.3, -0.25) is 57.6 Å². The van der Waals surface area contributed by atoms with E-state index < -0.39 is 35.8 Å². The van der Waals surface area contributed by atoms with Gasteiger partial charge in [-0.1, -0.05) is 12.8 Å². The van der Waals surface area contributed by atoms with Gasteiger partial charge in [-0.25, -0.2) is 10.4 Å². The first-order chi connectivity index (χ1) is 52.7. The van der Waals surface area contributed by atoms with Gasteiger partial charge in [0.2, 0.25) is 59.1 Å². The first-order valence-corrected chi connectivity index (χ1v) is 39.0. The highest BCUT2D eigenvalue weighted by Crippen LogP contribution is 2.35. The fraction of sp³-hybridized carbons (Fsp3) is 0.847. The second-order valence-corrected chi connectivity index (χ2v) is 26.9. The van der Waals surface area contributed by atoms with Crippen molar-refractivity contribution in [1.29, 1.82) is 0 Å². The minimum atomic E-state index is -0.728. The van der Waals surface area contributed by atoms with Crippen LogP contribution in [0.1, 0.15) is 143 Å². The smallest absolute Gasteiger partial charge is 0.240 e. The normalized spacial score (nSPS) is 15.8. The topological polar surface area (TPSA) is 494 Å². The van der Waals surface area contributed by atoms with Crippen molar-refractivity contribution >= 4 is 64.9 Å². The van der Waals surface area contributed by atoms with E-state index in [9.17, 15) is 52.7 Å². The molecule has 37 nitrogen and oxygen atoms in total. The third-order valence-electron chi connectivity index (χ3n) is 17.5. The molecule has 6 atom stereocenters. The number of unbranched alkanes of at least 4 members (excludes halogenated alkanes) is 2. The van der Waals surface area contributed by atoms with Crippen LogP contribution in [-0.2, 0) is 105 Å². The maximum atomic E-state index is 12.4. The fourth-order valence-electron chi connectivity index (χ4n) is 11.5. The van der Waals surface area contributed by atoms with Gasteiger partial charge < -0.3 is 112 Å². The number of amides is 10. The molecule has 4 unspecified atom stereocenters. The Labute approximate surface area is 644 Å². The summed E-state index contributed by atoms with van der Waals surface area (Å²) in [5.74, 6) is -1.92. The van der Waals surface area contributed by atoms with Gasteiger partial charge >= 0.3 is 0 Å². The molecule has 1 saturated heterocycles. The number of nitrogens with zero attached hydrogens (tertiary/aromatic N) is 2. The Kier molecular flexibility index (Phi) is 61.1. The number of rotatable bonds is 76. The number of ketones is 1. The van der Waals surface area contributed by atoms with E-state index in [-0.39, 0.29) is 92.2 Å². The van der Waals surface area contributed by atoms with Crippen LogP contribution < -0.4 is 70.7 Å². The number of hydrogen-bond acceptors (Lipinski definition) is 27. The Morgan fingerprint density at radius 1 is 0.394 bits per heavy atom. The predicted molar refractivity (Wildman–Crippen MR) is 402 cm³/mol. The number of hydrogen-bond donors (Lipinski definition) is 13. The van der Waals surface area contributed by atoms with Gasteiger partial charge in [-0.15, -0.1) is 0 Å². The second kappa shape index (κ2) is 67.4. The summed E-state index contributed by atoms with van der Waals surface area (Å²) in [5.41, 5.74) is 22.3. The molecule has 2 aliphatic rings. The molecule has 0 radical (unpaired) electrons. The minimum absolute atomic E-state index is 0.0628. The van der Waals surface area contributed by atoms with E-state index in [1.54, 1.807) is 0 Å². The summed E-state index contributed by atoms with van der Waals surface area (Å²) in [6.45, 7) is 18.0. The molecule has 2 fully saturated rings. The lowest BCUT2D eigenvalue weighted by Crippen LogP contribution is -2.43. The van der Waals surface area contributed by atoms with Crippen molar-refractivity contribution in [3.63, 3.8) is 0 Å². The van der Waals surface area contributed by atoms with Gasteiger partial charge in [0.1, 0.15) is 23.9 Å². The van der Waals surface area contributed by atoms with E-state index in [2.05, 4.69) is 58.4 Å². The van der Waals surface area contributed by atoms with Crippen molar-refractivity contribution in [3.8, 4) is 0 Å². The molecule has 1 heterocycles. The number of Topliss-reactive ketones (excluding diaryl/α,β-unsaturated/α-hetero) is 1. The second-order valence-electron chi connectivity index (χ2n) is 26.9. The van der Waals surface area contributed by atoms with E-state index in [1.165, 1.54) is 20.8 Å². The van der Waals surface area contributed by atoms with Crippen molar-refractivity contribution in [2.24, 2.45) is 29.0 Å². The van der Waals surface area contributed by atoms with Crippen LogP contribution in [0, 0.1) is 11.8 Å². The number of nitrogens with one attached hydrogen (secondary N) is 10. The molecule has 0 aromatic rings. The van der Waals surface area contributed by atoms with Crippen LogP contribution in [-0.4, -0.2) is 316 Å². The summed E-state index contributed by atoms with van der Waals surface area (Å²) in [6, 6.07) is -2.07. The van der Waals surface area contributed by atoms with E-state index in [0.29, 0.717) is 280 Å². The number of primary amides is 3. The van der Waals surface area contributed by atoms with Crippen molar-refractivity contribution in [3.05, 3.63) is 0 Å². The third-order valence-corrected chi connectivity index (χ3v) is 17.5. The maximum absolute atomic E-state index is 12.4. The van der Waals surface area contributed by atoms with Crippen LogP contribution in [0.5, 0.6) is 0 Å². The molecule has 0 aromatic carbocycles. The van der Waals surface area contributed by atoms with Gasteiger partial charge in [0.05, 0.1) is 145 Å². The molecule has 0 spiro atoms. The third kappa shape index (κ3) is 60.1. The van der Waals surface area contributed by atoms with Gasteiger partial charge in [-0.2, -0.15) is 5.53 Å². The SMILES string of the molecule is CC(=O)NC(CCCCNC(=O)CCC1CN(CCOCCC(=O)NCCOCCOCCOCCN(CCOCCOCCOCCNC(=O)CCOCCC2CCC(CCC(=O)CNCCC[C@H](NC(C)=O)C(N)=O)C2)CCOCCOCCOCCC(=O)NCCCC[C@H](NC(C)=O)C(N)=O)NN1)C(N)=O. The summed E-state index contributed by atoms with van der Waals surface area (Å²) in [5, 5.41) is 24.1. The average Bonchev–Trinajstić information content (AvgIpc) is 1.80. The van der Waals surface area contributed by atoms with Crippen LogP contribution in [0.15, 0.2) is 0 Å². The molecular weight excluding hydrogens is 1430 g/mol. The number of carbonyl (C=O) groups excluding carboxylic acids is 11. The lowest BCUT2D eigenvalue weighted by molar-refractivity contribution is -0.126. The molecule has 1 aliphatic carbocycles. The molecule has 10 amide bonds. The lowest BCUT2D eigenvalue weighted by atomic mass is 9.97. The van der Waals surface area contributed by atoms with E-state index in [0.717, 1.165) is 32.1 Å². The molecule has 1 aliphatic heterocycles. The van der Waals surface area contributed by atoms with Crippen molar-refractivity contribution in [2.45, 2.75) is 167 Å². The zero-order valence-corrected chi connectivity index (χ0v) is 65.3. The molecule has 37 heteroatoms. The number of ether oxygens (including phenoxy) is 11. The van der Waals surface area contributed by atoms with E-state index in [4.69, 9.17) is 69.3 Å². The first kappa shape index (κ1) is 98.8. The van der Waals surface area contributed by atoms with Crippen molar-refractivity contribution < 1.29 is 105 Å². The molecule has 109 heavy (non-hydrogen) atoms. The van der Waals surface area contributed by atoms with Crippen LogP contribution in [0.2, 0.25) is 0 Å². The quantitative estimate of drug-likeness (QED) is 0.0278. The van der Waals surface area contributed by atoms with Crippen LogP contribution in [0.3, 0.4) is 0 Å². The molecule has 0 bridgehead atoms. The summed E-state index contributed by atoms with van der Waals surface area (Å²) < 4.78 is 62.9. The van der Waals surface area contributed by atoms with Crippen LogP contribution in [0.4, 0.5) is 0 Å². The summed E-state index contributed by atoms with van der Waals surface area (Å²) in [7, 11) is 0. The summed E-state index contributed by atoms with van der Waals surface area (Å²) >= 11 is 0. The zero-order chi connectivity index (χ0) is 79.6. The highest BCUT2D eigenvalue weighted by molar-refractivity contribution is 5.87. The fourth-order valence-corrected chi connectivity index (χ4v) is 11.5. The first-order valence-electron chi connectivity index (χ1n) is 39.0. The lowest BCUT2D eigenvalue weighted by Gasteiger charge is -2.22. The van der Waals surface area contributed by atoms with Crippen molar-refractivity contribution in [2.75, 3.05) is 217 Å². The van der Waals surface area contributed by atoms with Crippen LogP contribution >= 0.6 is 0 Å². The van der Waals surface area contributed by atoms with Crippen LogP contribution in [0.25, 0.3) is 0 Å². The highest BCUT2D eigenvalue weighted by Gasteiger charge is 2.26. The Hall–Kier alpha value is -6.27. The number of hydrazine groups is 2. The summed E-state index contributed by atoms with van der Waals surface area (Å²) in [4.78, 5) is 132. The predicted octanol–water partition coefficient (Wildman–Crippen LogP) is -2.58. The monoisotopic (exact) mass is 1560 g/mol.